The van der Waals surface area contributed by atoms with Crippen LogP contribution in [0.15, 0.2) is 24.3 Å². The van der Waals surface area contributed by atoms with E-state index in [4.69, 9.17) is 0 Å². The fourth-order valence-electron chi connectivity index (χ4n) is 1.91. The lowest BCUT2D eigenvalue weighted by Gasteiger charge is -2.21. The Morgan fingerprint density at radius 1 is 1.17 bits per heavy atom. The summed E-state index contributed by atoms with van der Waals surface area (Å²) < 4.78 is 37.6. The first kappa shape index (κ1) is 19.0. The largest absolute Gasteiger partial charge is 0.416 e. The molecule has 0 aliphatic rings. The molecule has 0 spiro atoms. The van der Waals surface area contributed by atoms with E-state index in [1.165, 1.54) is 19.1 Å². The third kappa shape index (κ3) is 6.30. The number of amides is 2. The molecule has 0 bridgehead atoms. The van der Waals surface area contributed by atoms with Gasteiger partial charge in [0.25, 0.3) is 0 Å². The van der Waals surface area contributed by atoms with E-state index in [0.717, 1.165) is 23.5 Å². The van der Waals surface area contributed by atoms with E-state index in [0.29, 0.717) is 12.5 Å². The number of nitrogens with zero attached hydrogens (tertiary/aromatic N) is 1. The molecule has 2 amide bonds. The van der Waals surface area contributed by atoms with Gasteiger partial charge in [-0.25, -0.2) is 0 Å². The molecular formula is C16H21F3N2O2. The van der Waals surface area contributed by atoms with E-state index >= 15 is 0 Å². The van der Waals surface area contributed by atoms with Crippen molar-refractivity contribution in [3.8, 4) is 0 Å². The van der Waals surface area contributed by atoms with E-state index < -0.39 is 17.6 Å². The summed E-state index contributed by atoms with van der Waals surface area (Å²) in [4.78, 5) is 24.7. The van der Waals surface area contributed by atoms with Crippen molar-refractivity contribution in [1.29, 1.82) is 0 Å². The van der Waals surface area contributed by atoms with Crippen molar-refractivity contribution in [2.24, 2.45) is 5.92 Å². The van der Waals surface area contributed by atoms with Crippen molar-refractivity contribution in [3.63, 3.8) is 0 Å². The van der Waals surface area contributed by atoms with Gasteiger partial charge in [-0.1, -0.05) is 13.8 Å². The Hall–Kier alpha value is -2.05. The van der Waals surface area contributed by atoms with Gasteiger partial charge in [0.1, 0.15) is 6.54 Å². The molecule has 23 heavy (non-hydrogen) atoms. The Labute approximate surface area is 133 Å². The third-order valence-corrected chi connectivity index (χ3v) is 3.23. The van der Waals surface area contributed by atoms with Gasteiger partial charge >= 0.3 is 6.18 Å². The van der Waals surface area contributed by atoms with Crippen molar-refractivity contribution in [3.05, 3.63) is 29.8 Å². The summed E-state index contributed by atoms with van der Waals surface area (Å²) in [5.41, 5.74) is -0.546. The maximum Gasteiger partial charge on any atom is 0.416 e. The monoisotopic (exact) mass is 330 g/mol. The minimum atomic E-state index is -4.44. The second kappa shape index (κ2) is 7.99. The van der Waals surface area contributed by atoms with Gasteiger partial charge in [0, 0.05) is 19.2 Å². The van der Waals surface area contributed by atoms with Gasteiger partial charge in [0.05, 0.1) is 5.56 Å². The summed E-state index contributed by atoms with van der Waals surface area (Å²) in [6, 6.07) is 4.15. The van der Waals surface area contributed by atoms with Crippen LogP contribution in [0, 0.1) is 5.92 Å². The molecule has 0 aromatic heterocycles. The summed E-state index contributed by atoms with van der Waals surface area (Å²) in [6.45, 7) is 5.58. The molecule has 1 N–H and O–H groups in total. The van der Waals surface area contributed by atoms with Crippen molar-refractivity contribution >= 4 is 17.5 Å². The lowest BCUT2D eigenvalue weighted by atomic mass is 10.1. The Balaban J connectivity index is 2.75. The number of rotatable bonds is 6. The van der Waals surface area contributed by atoms with Crippen LogP contribution in [0.1, 0.15) is 32.8 Å². The highest BCUT2D eigenvalue weighted by Gasteiger charge is 2.30. The maximum absolute atomic E-state index is 12.5. The zero-order valence-corrected chi connectivity index (χ0v) is 13.4. The van der Waals surface area contributed by atoms with E-state index in [2.05, 4.69) is 5.32 Å². The van der Waals surface area contributed by atoms with Crippen LogP contribution in [0.2, 0.25) is 0 Å². The quantitative estimate of drug-likeness (QED) is 0.871. The first-order valence-corrected chi connectivity index (χ1v) is 7.33. The predicted octanol–water partition coefficient (Wildman–Crippen LogP) is 3.22. The summed E-state index contributed by atoms with van der Waals surface area (Å²) in [6.07, 6.45) is -3.63. The molecule has 0 fully saturated rings. The van der Waals surface area contributed by atoms with Crippen LogP contribution in [0.25, 0.3) is 0 Å². The first-order chi connectivity index (χ1) is 10.6. The predicted molar refractivity (Wildman–Crippen MR) is 81.9 cm³/mol. The minimum absolute atomic E-state index is 0.223. The van der Waals surface area contributed by atoms with Crippen LogP contribution < -0.4 is 10.2 Å². The zero-order chi connectivity index (χ0) is 17.6. The number of nitrogens with one attached hydrogen (secondary N) is 1. The van der Waals surface area contributed by atoms with Crippen LogP contribution in [0.5, 0.6) is 0 Å². The normalized spacial score (nSPS) is 11.4. The minimum Gasteiger partial charge on any atom is -0.355 e. The number of hydrogen-bond acceptors (Lipinski definition) is 2. The second-order valence-electron chi connectivity index (χ2n) is 5.68. The molecule has 4 nitrogen and oxygen atoms in total. The first-order valence-electron chi connectivity index (χ1n) is 7.33. The number of carbonyl (C=O) groups is 2. The van der Waals surface area contributed by atoms with E-state index in [1.807, 2.05) is 13.8 Å². The van der Waals surface area contributed by atoms with Gasteiger partial charge in [-0.3, -0.25) is 9.59 Å². The van der Waals surface area contributed by atoms with Gasteiger partial charge in [-0.15, -0.1) is 0 Å². The maximum atomic E-state index is 12.5. The number of halogens is 3. The van der Waals surface area contributed by atoms with Gasteiger partial charge in [-0.2, -0.15) is 13.2 Å². The zero-order valence-electron chi connectivity index (χ0n) is 13.4. The Morgan fingerprint density at radius 3 is 2.17 bits per heavy atom. The van der Waals surface area contributed by atoms with Gasteiger partial charge in [0.2, 0.25) is 11.8 Å². The molecule has 0 saturated carbocycles. The van der Waals surface area contributed by atoms with Crippen molar-refractivity contribution < 1.29 is 22.8 Å². The topological polar surface area (TPSA) is 49.4 Å². The summed E-state index contributed by atoms with van der Waals surface area (Å²) in [5.74, 6) is -0.321. The number of hydrogen-bond donors (Lipinski definition) is 1. The lowest BCUT2D eigenvalue weighted by molar-refractivity contribution is -0.137. The fraction of sp³-hybridized carbons (Fsp3) is 0.500. The molecule has 1 rings (SSSR count). The van der Waals surface area contributed by atoms with Gasteiger partial charge < -0.3 is 10.2 Å². The standard InChI is InChI=1S/C16H21F3N2O2/c1-11(2)8-9-20-15(23)10-21(12(3)22)14-6-4-13(5-7-14)16(17,18)19/h4-7,11H,8-10H2,1-3H3,(H,20,23). The van der Waals surface area contributed by atoms with E-state index in [1.54, 1.807) is 0 Å². The molecule has 0 aliphatic heterocycles. The van der Waals surface area contributed by atoms with Gasteiger partial charge in [-0.05, 0) is 36.6 Å². The third-order valence-electron chi connectivity index (χ3n) is 3.23. The van der Waals surface area contributed by atoms with E-state index in [-0.39, 0.29) is 18.1 Å². The molecule has 1 aromatic carbocycles. The molecule has 0 heterocycles. The summed E-state index contributed by atoms with van der Waals surface area (Å²) >= 11 is 0. The number of carbonyl (C=O) groups excluding carboxylic acids is 2. The Morgan fingerprint density at radius 2 is 1.74 bits per heavy atom. The molecule has 7 heteroatoms. The lowest BCUT2D eigenvalue weighted by Crippen LogP contribution is -2.40. The molecule has 0 radical (unpaired) electrons. The van der Waals surface area contributed by atoms with Crippen LogP contribution in [-0.4, -0.2) is 24.9 Å². The molecule has 1 aromatic rings. The van der Waals surface area contributed by atoms with Crippen LogP contribution in [0.3, 0.4) is 0 Å². The SMILES string of the molecule is CC(=O)N(CC(=O)NCCC(C)C)c1ccc(C(F)(F)F)cc1. The van der Waals surface area contributed by atoms with Crippen LogP contribution >= 0.6 is 0 Å². The molecular weight excluding hydrogens is 309 g/mol. The van der Waals surface area contributed by atoms with Crippen molar-refractivity contribution in [2.45, 2.75) is 33.4 Å². The van der Waals surface area contributed by atoms with Crippen molar-refractivity contribution in [1.82, 2.24) is 5.32 Å². The van der Waals surface area contributed by atoms with Crippen LogP contribution in [0.4, 0.5) is 18.9 Å². The highest BCUT2D eigenvalue weighted by molar-refractivity contribution is 5.97. The summed E-state index contributed by atoms with van der Waals surface area (Å²) in [5, 5.41) is 2.69. The number of benzene rings is 1. The number of alkyl halides is 3. The Kier molecular flexibility index (Phi) is 6.60. The molecule has 0 unspecified atom stereocenters. The molecule has 128 valence electrons. The van der Waals surface area contributed by atoms with E-state index in [9.17, 15) is 22.8 Å². The van der Waals surface area contributed by atoms with Crippen LogP contribution in [-0.2, 0) is 15.8 Å². The van der Waals surface area contributed by atoms with Gasteiger partial charge in [0.15, 0.2) is 0 Å². The molecule has 0 saturated heterocycles. The number of anilines is 1. The average Bonchev–Trinajstić information content (AvgIpc) is 2.43. The molecule has 0 atom stereocenters. The summed E-state index contributed by atoms with van der Waals surface area (Å²) in [7, 11) is 0. The highest BCUT2D eigenvalue weighted by Crippen LogP contribution is 2.30. The second-order valence-corrected chi connectivity index (χ2v) is 5.68. The smallest absolute Gasteiger partial charge is 0.355 e. The van der Waals surface area contributed by atoms with Crippen molar-refractivity contribution in [2.75, 3.05) is 18.0 Å². The highest BCUT2D eigenvalue weighted by atomic mass is 19.4. The molecule has 0 aliphatic carbocycles. The Bertz CT molecular complexity index is 539. The average molecular weight is 330 g/mol. The fourth-order valence-corrected chi connectivity index (χ4v) is 1.91.